The molecule has 0 amide bonds. The smallest absolute Gasteiger partial charge is 0.408 e. The first-order valence-electron chi connectivity index (χ1n) is 5.97. The Kier molecular flexibility index (Phi) is 4.36. The molecule has 0 bridgehead atoms. The predicted octanol–water partition coefficient (Wildman–Crippen LogP) is 3.07. The maximum absolute atomic E-state index is 11.7. The van der Waals surface area contributed by atoms with E-state index in [-0.39, 0.29) is 5.69 Å². The molecule has 0 radical (unpaired) electrons. The summed E-state index contributed by atoms with van der Waals surface area (Å²) in [6, 6.07) is 4.18. The minimum absolute atomic E-state index is 0.0393. The number of nitro benzene ring substituents is 1. The summed E-state index contributed by atoms with van der Waals surface area (Å²) in [6.45, 7) is 0.514. The van der Waals surface area contributed by atoms with Gasteiger partial charge in [-0.2, -0.15) is 0 Å². The Bertz CT molecular complexity index is 647. The first-order valence-corrected chi connectivity index (χ1v) is 7.09. The molecule has 0 spiro atoms. The summed E-state index contributed by atoms with van der Waals surface area (Å²) in [5.74, 6) is -0.464. The summed E-state index contributed by atoms with van der Waals surface area (Å²) in [4.78, 5) is 22.0. The molecule has 6 nitrogen and oxygen atoms in total. The first-order chi connectivity index (χ1) is 9.13. The third-order valence-electron chi connectivity index (χ3n) is 2.88. The Labute approximate surface area is 117 Å². The summed E-state index contributed by atoms with van der Waals surface area (Å²) in [5.41, 5.74) is 0.830. The van der Waals surface area contributed by atoms with Crippen molar-refractivity contribution >= 4 is 32.7 Å². The minimum atomic E-state index is -0.480. The van der Waals surface area contributed by atoms with E-state index >= 15 is 0 Å². The van der Waals surface area contributed by atoms with Crippen LogP contribution >= 0.6 is 15.9 Å². The highest BCUT2D eigenvalue weighted by molar-refractivity contribution is 9.09. The monoisotopic (exact) mass is 328 g/mol. The summed E-state index contributed by atoms with van der Waals surface area (Å²) in [6.07, 6.45) is 2.85. The highest BCUT2D eigenvalue weighted by Gasteiger charge is 2.13. The van der Waals surface area contributed by atoms with Gasteiger partial charge in [-0.05, 0) is 18.9 Å². The number of rotatable bonds is 6. The van der Waals surface area contributed by atoms with Crippen molar-refractivity contribution in [3.05, 3.63) is 38.9 Å². The largest absolute Gasteiger partial charge is 0.419 e. The van der Waals surface area contributed by atoms with Crippen LogP contribution in [0.2, 0.25) is 0 Å². The fourth-order valence-electron chi connectivity index (χ4n) is 1.92. The third kappa shape index (κ3) is 3.04. The van der Waals surface area contributed by atoms with E-state index in [2.05, 4.69) is 15.9 Å². The molecule has 1 heterocycles. The Morgan fingerprint density at radius 2 is 2.11 bits per heavy atom. The molecule has 102 valence electrons. The van der Waals surface area contributed by atoms with Gasteiger partial charge in [-0.15, -0.1) is 0 Å². The van der Waals surface area contributed by atoms with Crippen molar-refractivity contribution in [1.29, 1.82) is 0 Å². The number of aromatic nitrogens is 1. The normalized spacial score (nSPS) is 11.0. The standard InChI is InChI=1S/C12H13BrN2O4/c13-6-2-1-3-7-14-10-8-9(15(17)18)4-5-11(10)19-12(14)16/h4-5,8H,1-3,6-7H2. The van der Waals surface area contributed by atoms with Gasteiger partial charge in [-0.3, -0.25) is 14.7 Å². The average molecular weight is 329 g/mol. The quantitative estimate of drug-likeness (QED) is 0.353. The van der Waals surface area contributed by atoms with Gasteiger partial charge in [-0.25, -0.2) is 4.79 Å². The van der Waals surface area contributed by atoms with E-state index in [1.54, 1.807) is 0 Å². The molecule has 1 aromatic heterocycles. The Morgan fingerprint density at radius 3 is 2.79 bits per heavy atom. The molecule has 0 saturated heterocycles. The zero-order valence-electron chi connectivity index (χ0n) is 10.2. The Balaban J connectivity index is 2.30. The van der Waals surface area contributed by atoms with Crippen LogP contribution < -0.4 is 5.76 Å². The van der Waals surface area contributed by atoms with Crippen LogP contribution in [0.4, 0.5) is 5.69 Å². The molecule has 0 aliphatic rings. The van der Waals surface area contributed by atoms with Crippen LogP contribution in [0.5, 0.6) is 0 Å². The summed E-state index contributed by atoms with van der Waals surface area (Å²) >= 11 is 3.35. The minimum Gasteiger partial charge on any atom is -0.408 e. The van der Waals surface area contributed by atoms with Crippen LogP contribution in [0.1, 0.15) is 19.3 Å². The molecule has 1 aromatic carbocycles. The van der Waals surface area contributed by atoms with E-state index < -0.39 is 10.7 Å². The van der Waals surface area contributed by atoms with E-state index in [0.717, 1.165) is 24.6 Å². The number of oxazole rings is 1. The van der Waals surface area contributed by atoms with Crippen molar-refractivity contribution in [3.8, 4) is 0 Å². The van der Waals surface area contributed by atoms with Crippen molar-refractivity contribution in [3.63, 3.8) is 0 Å². The zero-order chi connectivity index (χ0) is 13.8. The van der Waals surface area contributed by atoms with Crippen molar-refractivity contribution < 1.29 is 9.34 Å². The summed E-state index contributed by atoms with van der Waals surface area (Å²) in [7, 11) is 0. The highest BCUT2D eigenvalue weighted by Crippen LogP contribution is 2.20. The highest BCUT2D eigenvalue weighted by atomic mass is 79.9. The zero-order valence-corrected chi connectivity index (χ0v) is 11.8. The van der Waals surface area contributed by atoms with Gasteiger partial charge < -0.3 is 4.42 Å². The van der Waals surface area contributed by atoms with Gasteiger partial charge in [0.15, 0.2) is 5.58 Å². The molecular weight excluding hydrogens is 316 g/mol. The summed E-state index contributed by atoms with van der Waals surface area (Å²) < 4.78 is 6.52. The second kappa shape index (κ2) is 6.01. The van der Waals surface area contributed by atoms with Crippen molar-refractivity contribution in [1.82, 2.24) is 4.57 Å². The molecule has 0 unspecified atom stereocenters. The molecule has 19 heavy (non-hydrogen) atoms. The van der Waals surface area contributed by atoms with E-state index in [1.807, 2.05) is 0 Å². The molecule has 0 aliphatic carbocycles. The third-order valence-corrected chi connectivity index (χ3v) is 3.44. The van der Waals surface area contributed by atoms with Gasteiger partial charge in [0.1, 0.15) is 0 Å². The van der Waals surface area contributed by atoms with E-state index in [9.17, 15) is 14.9 Å². The van der Waals surface area contributed by atoms with Crippen molar-refractivity contribution in [2.24, 2.45) is 0 Å². The molecule has 0 aliphatic heterocycles. The fraction of sp³-hybridized carbons (Fsp3) is 0.417. The Morgan fingerprint density at radius 1 is 1.32 bits per heavy atom. The second-order valence-corrected chi connectivity index (χ2v) is 4.97. The van der Waals surface area contributed by atoms with E-state index in [4.69, 9.17) is 4.42 Å². The molecule has 2 rings (SSSR count). The number of nitro groups is 1. The van der Waals surface area contributed by atoms with Crippen molar-refractivity contribution in [2.45, 2.75) is 25.8 Å². The number of fused-ring (bicyclic) bond motifs is 1. The summed E-state index contributed by atoms with van der Waals surface area (Å²) in [5, 5.41) is 11.7. The predicted molar refractivity (Wildman–Crippen MR) is 74.8 cm³/mol. The maximum atomic E-state index is 11.7. The Hall–Kier alpha value is -1.63. The molecule has 2 aromatic rings. The molecule has 0 fully saturated rings. The molecule has 0 atom stereocenters. The molecular formula is C12H13BrN2O4. The lowest BCUT2D eigenvalue weighted by atomic mass is 10.2. The first kappa shape index (κ1) is 13.8. The van der Waals surface area contributed by atoms with Crippen molar-refractivity contribution in [2.75, 3.05) is 5.33 Å². The number of unbranched alkanes of at least 4 members (excludes halogenated alkanes) is 2. The van der Waals surface area contributed by atoms with Gasteiger partial charge in [-0.1, -0.05) is 22.4 Å². The maximum Gasteiger partial charge on any atom is 0.419 e. The van der Waals surface area contributed by atoms with Crippen LogP contribution in [0, 0.1) is 10.1 Å². The second-order valence-electron chi connectivity index (χ2n) is 4.18. The number of alkyl halides is 1. The number of halogens is 1. The number of aryl methyl sites for hydroxylation is 1. The lowest BCUT2D eigenvalue weighted by molar-refractivity contribution is -0.384. The van der Waals surface area contributed by atoms with Crippen LogP contribution in [-0.2, 0) is 6.54 Å². The number of non-ortho nitro benzene ring substituents is 1. The number of hydrogen-bond acceptors (Lipinski definition) is 4. The SMILES string of the molecule is O=c1oc2ccc([N+](=O)[O-])cc2n1CCCCCBr. The van der Waals surface area contributed by atoms with Gasteiger partial charge in [0, 0.05) is 24.0 Å². The van der Waals surface area contributed by atoms with E-state index in [1.165, 1.54) is 22.8 Å². The molecule has 7 heteroatoms. The number of benzene rings is 1. The van der Waals surface area contributed by atoms with Crippen LogP contribution in [0.3, 0.4) is 0 Å². The lowest BCUT2D eigenvalue weighted by Crippen LogP contribution is -2.14. The van der Waals surface area contributed by atoms with Gasteiger partial charge in [0.25, 0.3) is 5.69 Å². The lowest BCUT2D eigenvalue weighted by Gasteiger charge is -2.01. The number of nitrogens with zero attached hydrogens (tertiary/aromatic N) is 2. The van der Waals surface area contributed by atoms with Crippen LogP contribution in [0.15, 0.2) is 27.4 Å². The molecule has 0 saturated carbocycles. The van der Waals surface area contributed by atoms with Crippen LogP contribution in [0.25, 0.3) is 11.1 Å². The van der Waals surface area contributed by atoms with Crippen LogP contribution in [-0.4, -0.2) is 14.8 Å². The topological polar surface area (TPSA) is 78.3 Å². The van der Waals surface area contributed by atoms with Gasteiger partial charge in [0.2, 0.25) is 0 Å². The van der Waals surface area contributed by atoms with Gasteiger partial charge in [0.05, 0.1) is 10.4 Å². The fourth-order valence-corrected chi connectivity index (χ4v) is 2.31. The average Bonchev–Trinajstić information content (AvgIpc) is 2.70. The number of hydrogen-bond donors (Lipinski definition) is 0. The molecule has 0 N–H and O–H groups in total. The van der Waals surface area contributed by atoms with E-state index in [0.29, 0.717) is 17.6 Å². The van der Waals surface area contributed by atoms with Gasteiger partial charge >= 0.3 is 5.76 Å².